The smallest absolute Gasteiger partial charge is 0.238 e. The third-order valence-corrected chi connectivity index (χ3v) is 5.91. The van der Waals surface area contributed by atoms with Crippen LogP contribution in [0.1, 0.15) is 32.9 Å². The van der Waals surface area contributed by atoms with Crippen molar-refractivity contribution in [3.05, 3.63) is 82.7 Å². The van der Waals surface area contributed by atoms with E-state index in [1.165, 1.54) is 12.1 Å². The number of ketones is 1. The molecule has 0 bridgehead atoms. The fourth-order valence-electron chi connectivity index (χ4n) is 3.22. The largest absolute Gasteiger partial charge is 0.378 e. The Morgan fingerprint density at radius 3 is 2.20 bits per heavy atom. The van der Waals surface area contributed by atoms with Crippen LogP contribution < -0.4 is 10.0 Å². The van der Waals surface area contributed by atoms with Gasteiger partial charge in [-0.1, -0.05) is 12.1 Å². The van der Waals surface area contributed by atoms with Crippen LogP contribution >= 0.6 is 0 Å². The van der Waals surface area contributed by atoms with E-state index in [9.17, 15) is 18.5 Å². The van der Waals surface area contributed by atoms with Crippen LogP contribution in [0, 0.1) is 11.3 Å². The molecule has 0 radical (unpaired) electrons. The molecule has 30 heavy (non-hydrogen) atoms. The molecule has 0 atom stereocenters. The Morgan fingerprint density at radius 1 is 1.10 bits per heavy atom. The molecule has 154 valence electrons. The zero-order chi connectivity index (χ0) is 22.1. The fraction of sp³-hybridized carbons (Fsp3) is 0.182. The molecule has 8 heteroatoms. The molecule has 0 spiro atoms. The molecule has 2 N–H and O–H groups in total. The van der Waals surface area contributed by atoms with E-state index in [4.69, 9.17) is 5.14 Å². The molecular weight excluding hydrogens is 400 g/mol. The lowest BCUT2D eigenvalue weighted by Gasteiger charge is -2.12. The third kappa shape index (κ3) is 4.27. The van der Waals surface area contributed by atoms with E-state index in [0.717, 1.165) is 11.3 Å². The Hall–Kier alpha value is -3.41. The highest BCUT2D eigenvalue weighted by atomic mass is 32.2. The number of hydrogen-bond donors (Lipinski definition) is 1. The summed E-state index contributed by atoms with van der Waals surface area (Å²) in [5.41, 5.74) is 3.82. The topological polar surface area (TPSA) is 109 Å². The summed E-state index contributed by atoms with van der Waals surface area (Å²) in [6, 6.07) is 17.2. The highest BCUT2D eigenvalue weighted by Gasteiger charge is 2.20. The summed E-state index contributed by atoms with van der Waals surface area (Å²) in [5, 5.41) is 14.7. The monoisotopic (exact) mass is 422 g/mol. The zero-order valence-electron chi connectivity index (χ0n) is 17.0. The Bertz CT molecular complexity index is 1230. The first-order chi connectivity index (χ1) is 14.1. The molecule has 0 aliphatic rings. The first-order valence-electron chi connectivity index (χ1n) is 9.14. The number of aromatic nitrogens is 1. The maximum Gasteiger partial charge on any atom is 0.238 e. The van der Waals surface area contributed by atoms with Gasteiger partial charge in [0.1, 0.15) is 6.07 Å². The maximum absolute atomic E-state index is 13.0. The first-order valence-corrected chi connectivity index (χ1v) is 10.7. The van der Waals surface area contributed by atoms with E-state index in [2.05, 4.69) is 6.07 Å². The number of anilines is 1. The molecule has 0 unspecified atom stereocenters. The second-order valence-corrected chi connectivity index (χ2v) is 8.76. The summed E-state index contributed by atoms with van der Waals surface area (Å²) in [4.78, 5) is 15.0. The number of rotatable bonds is 6. The van der Waals surface area contributed by atoms with Gasteiger partial charge in [0.05, 0.1) is 16.2 Å². The van der Waals surface area contributed by atoms with E-state index in [-0.39, 0.29) is 10.7 Å². The highest BCUT2D eigenvalue weighted by Crippen LogP contribution is 2.22. The van der Waals surface area contributed by atoms with Crippen molar-refractivity contribution >= 4 is 21.5 Å². The van der Waals surface area contributed by atoms with E-state index in [1.807, 2.05) is 31.1 Å². The minimum atomic E-state index is -3.76. The van der Waals surface area contributed by atoms with Crippen molar-refractivity contribution in [3.63, 3.8) is 0 Å². The maximum atomic E-state index is 13.0. The van der Waals surface area contributed by atoms with E-state index in [0.29, 0.717) is 28.9 Å². The SMILES string of the molecule is CN(C)c1ccc(C(=O)c2cc(C#N)c(Cc3ccc(S(N)(=O)=O)cc3)n2C)cc1. The quantitative estimate of drug-likeness (QED) is 0.614. The van der Waals surface area contributed by atoms with Gasteiger partial charge >= 0.3 is 0 Å². The highest BCUT2D eigenvalue weighted by molar-refractivity contribution is 7.89. The van der Waals surface area contributed by atoms with Gasteiger partial charge in [0.2, 0.25) is 15.8 Å². The molecule has 0 aliphatic carbocycles. The summed E-state index contributed by atoms with van der Waals surface area (Å²) in [7, 11) is 1.83. The van der Waals surface area contributed by atoms with Crippen LogP contribution in [0.5, 0.6) is 0 Å². The molecule has 0 saturated carbocycles. The molecule has 0 aliphatic heterocycles. The summed E-state index contributed by atoms with van der Waals surface area (Å²) < 4.78 is 24.6. The summed E-state index contributed by atoms with van der Waals surface area (Å²) >= 11 is 0. The molecule has 1 aromatic heterocycles. The van der Waals surface area contributed by atoms with Gasteiger partial charge in [0, 0.05) is 44.5 Å². The minimum absolute atomic E-state index is 0.0238. The van der Waals surface area contributed by atoms with Crippen LogP contribution in [-0.2, 0) is 23.5 Å². The van der Waals surface area contributed by atoms with E-state index >= 15 is 0 Å². The Morgan fingerprint density at radius 2 is 1.70 bits per heavy atom. The van der Waals surface area contributed by atoms with Crippen LogP contribution in [0.2, 0.25) is 0 Å². The van der Waals surface area contributed by atoms with E-state index in [1.54, 1.807) is 41.9 Å². The van der Waals surface area contributed by atoms with Gasteiger partial charge in [-0.05, 0) is 48.0 Å². The van der Waals surface area contributed by atoms with Crippen molar-refractivity contribution in [3.8, 4) is 6.07 Å². The van der Waals surface area contributed by atoms with Gasteiger partial charge < -0.3 is 9.47 Å². The Labute approximate surface area is 176 Å². The van der Waals surface area contributed by atoms with Gasteiger partial charge in [-0.15, -0.1) is 0 Å². The number of nitrogens with zero attached hydrogens (tertiary/aromatic N) is 3. The van der Waals surface area contributed by atoms with Crippen LogP contribution in [0.3, 0.4) is 0 Å². The zero-order valence-corrected chi connectivity index (χ0v) is 17.8. The molecule has 0 fully saturated rings. The van der Waals surface area contributed by atoms with Crippen molar-refractivity contribution in [1.82, 2.24) is 4.57 Å². The molecule has 0 saturated heterocycles. The number of nitriles is 1. The van der Waals surface area contributed by atoms with Crippen molar-refractivity contribution in [1.29, 1.82) is 5.26 Å². The van der Waals surface area contributed by atoms with E-state index < -0.39 is 10.0 Å². The second kappa shape index (κ2) is 8.14. The minimum Gasteiger partial charge on any atom is -0.378 e. The Kier molecular flexibility index (Phi) is 5.78. The van der Waals surface area contributed by atoms with Gasteiger partial charge in [-0.25, -0.2) is 13.6 Å². The summed E-state index contributed by atoms with van der Waals surface area (Å²) in [6.07, 6.45) is 0.372. The standard InChI is InChI=1S/C22H22N4O3S/c1-25(2)18-8-6-16(7-9-18)22(27)21-13-17(14-23)20(26(21)3)12-15-4-10-19(11-5-15)30(24,28)29/h4-11,13H,12H2,1-3H3,(H2,24,28,29). The predicted octanol–water partition coefficient (Wildman–Crippen LogP) is 2.43. The molecule has 2 aromatic carbocycles. The lowest BCUT2D eigenvalue weighted by Crippen LogP contribution is -2.12. The van der Waals surface area contributed by atoms with Crippen molar-refractivity contribution < 1.29 is 13.2 Å². The number of carbonyl (C=O) groups is 1. The summed E-state index contributed by atoms with van der Waals surface area (Å²) in [5.74, 6) is -0.171. The number of sulfonamides is 1. The average Bonchev–Trinajstić information content (AvgIpc) is 3.03. The molecular formula is C22H22N4O3S. The number of carbonyl (C=O) groups excluding carboxylic acids is 1. The van der Waals surface area contributed by atoms with Crippen molar-refractivity contribution in [2.45, 2.75) is 11.3 Å². The normalized spacial score (nSPS) is 11.2. The lowest BCUT2D eigenvalue weighted by atomic mass is 10.1. The summed E-state index contributed by atoms with van der Waals surface area (Å²) in [6.45, 7) is 0. The number of nitrogens with two attached hydrogens (primary N) is 1. The van der Waals surface area contributed by atoms with Crippen molar-refractivity contribution in [2.24, 2.45) is 12.2 Å². The Balaban J connectivity index is 1.93. The predicted molar refractivity (Wildman–Crippen MR) is 115 cm³/mol. The number of primary sulfonamides is 1. The molecule has 3 aromatic rings. The van der Waals surface area contributed by atoms with Gasteiger partial charge in [0.25, 0.3) is 0 Å². The average molecular weight is 423 g/mol. The fourth-order valence-corrected chi connectivity index (χ4v) is 3.74. The van der Waals surface area contributed by atoms with Crippen LogP contribution in [0.4, 0.5) is 5.69 Å². The van der Waals surface area contributed by atoms with Gasteiger partial charge in [-0.2, -0.15) is 5.26 Å². The second-order valence-electron chi connectivity index (χ2n) is 7.20. The number of hydrogen-bond acceptors (Lipinski definition) is 5. The molecule has 3 rings (SSSR count). The first kappa shape index (κ1) is 21.3. The van der Waals surface area contributed by atoms with Crippen LogP contribution in [0.15, 0.2) is 59.5 Å². The number of benzene rings is 2. The van der Waals surface area contributed by atoms with Crippen LogP contribution in [-0.4, -0.2) is 32.9 Å². The van der Waals surface area contributed by atoms with Gasteiger partial charge in [-0.3, -0.25) is 4.79 Å². The molecule has 7 nitrogen and oxygen atoms in total. The van der Waals surface area contributed by atoms with Crippen molar-refractivity contribution in [2.75, 3.05) is 19.0 Å². The van der Waals surface area contributed by atoms with Gasteiger partial charge in [0.15, 0.2) is 0 Å². The molecule has 1 heterocycles. The third-order valence-electron chi connectivity index (χ3n) is 4.98. The molecule has 0 amide bonds. The lowest BCUT2D eigenvalue weighted by molar-refractivity contribution is 0.103. The van der Waals surface area contributed by atoms with Crippen LogP contribution in [0.25, 0.3) is 0 Å².